The summed E-state index contributed by atoms with van der Waals surface area (Å²) < 4.78 is 5.50. The molecule has 4 nitrogen and oxygen atoms in total. The fraction of sp³-hybridized carbons (Fsp3) is 0.158. The summed E-state index contributed by atoms with van der Waals surface area (Å²) in [6.07, 6.45) is 1.50. The maximum Gasteiger partial charge on any atom is 0.310 e. The number of fused-ring (bicyclic) bond motifs is 1. The van der Waals surface area contributed by atoms with Gasteiger partial charge in [-0.25, -0.2) is 0 Å². The highest BCUT2D eigenvalue weighted by atomic mass is 35.5. The fourth-order valence-corrected chi connectivity index (χ4v) is 2.95. The van der Waals surface area contributed by atoms with Crippen molar-refractivity contribution in [3.8, 4) is 0 Å². The second-order valence-electron chi connectivity index (χ2n) is 5.70. The Morgan fingerprint density at radius 2 is 1.83 bits per heavy atom. The van der Waals surface area contributed by atoms with Crippen molar-refractivity contribution < 1.29 is 19.1 Å². The molecule has 2 aromatic carbocycles. The van der Waals surface area contributed by atoms with Gasteiger partial charge >= 0.3 is 5.97 Å². The van der Waals surface area contributed by atoms with Gasteiger partial charge in [-0.1, -0.05) is 11.6 Å². The van der Waals surface area contributed by atoms with E-state index in [2.05, 4.69) is 0 Å². The standard InChI is InChI=1S/C19H15ClO4/c1-10-15(11(2)19(22)23)9-13-7-8-24-18(13)16(10)17(21)12-3-5-14(20)6-4-12/h3-9,11H,1-2H3,(H,22,23). The molecule has 3 aromatic rings. The second kappa shape index (κ2) is 6.13. The van der Waals surface area contributed by atoms with E-state index in [1.54, 1.807) is 50.2 Å². The minimum Gasteiger partial charge on any atom is -0.481 e. The van der Waals surface area contributed by atoms with Crippen molar-refractivity contribution in [2.45, 2.75) is 19.8 Å². The minimum atomic E-state index is -0.939. The van der Waals surface area contributed by atoms with Crippen LogP contribution in [0.25, 0.3) is 11.0 Å². The first kappa shape index (κ1) is 16.3. The Balaban J connectivity index is 2.24. The lowest BCUT2D eigenvalue weighted by Crippen LogP contribution is -2.12. The predicted molar refractivity (Wildman–Crippen MR) is 91.9 cm³/mol. The number of halogens is 1. The van der Waals surface area contributed by atoms with Gasteiger partial charge in [-0.2, -0.15) is 0 Å². The number of ketones is 1. The van der Waals surface area contributed by atoms with E-state index in [4.69, 9.17) is 16.0 Å². The van der Waals surface area contributed by atoms with E-state index >= 15 is 0 Å². The summed E-state index contributed by atoms with van der Waals surface area (Å²) in [6.45, 7) is 3.35. The zero-order valence-corrected chi connectivity index (χ0v) is 13.9. The molecule has 0 amide bonds. The van der Waals surface area contributed by atoms with Gasteiger partial charge in [-0.3, -0.25) is 9.59 Å². The molecular formula is C19H15ClO4. The van der Waals surface area contributed by atoms with Crippen molar-refractivity contribution in [1.29, 1.82) is 0 Å². The lowest BCUT2D eigenvalue weighted by Gasteiger charge is -2.15. The van der Waals surface area contributed by atoms with Crippen molar-refractivity contribution >= 4 is 34.3 Å². The average molecular weight is 343 g/mol. The zero-order valence-electron chi connectivity index (χ0n) is 13.2. The Hall–Kier alpha value is -2.59. The van der Waals surface area contributed by atoms with Crippen LogP contribution in [0.15, 0.2) is 47.1 Å². The van der Waals surface area contributed by atoms with Crippen LogP contribution in [0.3, 0.4) is 0 Å². The van der Waals surface area contributed by atoms with Gasteiger partial charge in [0.15, 0.2) is 5.78 Å². The van der Waals surface area contributed by atoms with Crippen LogP contribution in [0.5, 0.6) is 0 Å². The number of hydrogen-bond donors (Lipinski definition) is 1. The number of rotatable bonds is 4. The average Bonchev–Trinajstić information content (AvgIpc) is 3.01. The highest BCUT2D eigenvalue weighted by Crippen LogP contribution is 2.32. The number of furan rings is 1. The van der Waals surface area contributed by atoms with E-state index in [1.165, 1.54) is 6.26 Å². The van der Waals surface area contributed by atoms with Crippen LogP contribution < -0.4 is 0 Å². The van der Waals surface area contributed by atoms with E-state index in [0.29, 0.717) is 38.2 Å². The molecule has 1 heterocycles. The molecule has 1 N–H and O–H groups in total. The largest absolute Gasteiger partial charge is 0.481 e. The number of hydrogen-bond acceptors (Lipinski definition) is 3. The second-order valence-corrected chi connectivity index (χ2v) is 6.14. The first-order valence-corrected chi connectivity index (χ1v) is 7.81. The van der Waals surface area contributed by atoms with Gasteiger partial charge < -0.3 is 9.52 Å². The maximum atomic E-state index is 13.0. The highest BCUT2D eigenvalue weighted by molar-refractivity contribution is 6.30. The summed E-state index contributed by atoms with van der Waals surface area (Å²) in [7, 11) is 0. The molecule has 0 saturated carbocycles. The monoisotopic (exact) mass is 342 g/mol. The van der Waals surface area contributed by atoms with Crippen LogP contribution >= 0.6 is 11.6 Å². The molecular weight excluding hydrogens is 328 g/mol. The number of benzene rings is 2. The van der Waals surface area contributed by atoms with E-state index in [0.717, 1.165) is 0 Å². The fourth-order valence-electron chi connectivity index (χ4n) is 2.83. The van der Waals surface area contributed by atoms with Crippen LogP contribution in [0.1, 0.15) is 39.9 Å². The van der Waals surface area contributed by atoms with Gasteiger partial charge in [0, 0.05) is 16.0 Å². The van der Waals surface area contributed by atoms with Crippen LogP contribution in [-0.2, 0) is 4.79 Å². The Labute approximate surface area is 143 Å². The number of carboxylic acid groups (broad SMARTS) is 1. The van der Waals surface area contributed by atoms with E-state index in [1.807, 2.05) is 0 Å². The number of carbonyl (C=O) groups excluding carboxylic acids is 1. The van der Waals surface area contributed by atoms with Gasteiger partial charge in [0.05, 0.1) is 17.7 Å². The SMILES string of the molecule is Cc1c(C(C)C(=O)O)cc2ccoc2c1C(=O)c1ccc(Cl)cc1. The molecule has 0 aliphatic heterocycles. The van der Waals surface area contributed by atoms with Crippen molar-refractivity contribution in [3.63, 3.8) is 0 Å². The van der Waals surface area contributed by atoms with E-state index in [9.17, 15) is 14.7 Å². The summed E-state index contributed by atoms with van der Waals surface area (Å²) in [5, 5.41) is 10.6. The van der Waals surface area contributed by atoms with Gasteiger partial charge in [0.1, 0.15) is 5.58 Å². The predicted octanol–water partition coefficient (Wildman–Crippen LogP) is 4.81. The third-order valence-corrected chi connectivity index (χ3v) is 4.46. The van der Waals surface area contributed by atoms with Crippen molar-refractivity contribution in [2.75, 3.05) is 0 Å². The summed E-state index contributed by atoms with van der Waals surface area (Å²) in [4.78, 5) is 24.4. The van der Waals surface area contributed by atoms with Gasteiger partial charge in [-0.05, 0) is 61.4 Å². The summed E-state index contributed by atoms with van der Waals surface area (Å²) in [6, 6.07) is 10.1. The van der Waals surface area contributed by atoms with Crippen molar-refractivity contribution in [3.05, 3.63) is 69.9 Å². The first-order chi connectivity index (χ1) is 11.4. The van der Waals surface area contributed by atoms with Crippen LogP contribution in [0, 0.1) is 6.92 Å². The lowest BCUT2D eigenvalue weighted by atomic mass is 9.88. The molecule has 0 bridgehead atoms. The third-order valence-electron chi connectivity index (χ3n) is 4.21. The molecule has 0 aliphatic rings. The molecule has 3 rings (SSSR count). The third kappa shape index (κ3) is 2.69. The molecule has 5 heteroatoms. The normalized spacial score (nSPS) is 12.3. The Kier molecular flexibility index (Phi) is 4.16. The molecule has 0 fully saturated rings. The number of carboxylic acids is 1. The molecule has 1 unspecified atom stereocenters. The number of aliphatic carboxylic acids is 1. The van der Waals surface area contributed by atoms with Gasteiger partial charge in [0.2, 0.25) is 0 Å². The molecule has 1 aromatic heterocycles. The first-order valence-electron chi connectivity index (χ1n) is 7.44. The van der Waals surface area contributed by atoms with Gasteiger partial charge in [0.25, 0.3) is 0 Å². The quantitative estimate of drug-likeness (QED) is 0.690. The van der Waals surface area contributed by atoms with Crippen LogP contribution in [0.2, 0.25) is 5.02 Å². The summed E-state index contributed by atoms with van der Waals surface area (Å²) >= 11 is 5.88. The smallest absolute Gasteiger partial charge is 0.310 e. The van der Waals surface area contributed by atoms with Crippen molar-refractivity contribution in [1.82, 2.24) is 0 Å². The van der Waals surface area contributed by atoms with Crippen LogP contribution in [0.4, 0.5) is 0 Å². The Bertz CT molecular complexity index is 938. The Morgan fingerprint density at radius 3 is 2.46 bits per heavy atom. The molecule has 0 spiro atoms. The molecule has 1 atom stereocenters. The summed E-state index contributed by atoms with van der Waals surface area (Å²) in [5.74, 6) is -1.88. The summed E-state index contributed by atoms with van der Waals surface area (Å²) in [5.41, 5.74) is 2.55. The van der Waals surface area contributed by atoms with Crippen molar-refractivity contribution in [2.24, 2.45) is 0 Å². The molecule has 0 saturated heterocycles. The van der Waals surface area contributed by atoms with E-state index in [-0.39, 0.29) is 5.78 Å². The molecule has 24 heavy (non-hydrogen) atoms. The van der Waals surface area contributed by atoms with Gasteiger partial charge in [-0.15, -0.1) is 0 Å². The van der Waals surface area contributed by atoms with Crippen LogP contribution in [-0.4, -0.2) is 16.9 Å². The zero-order chi connectivity index (χ0) is 17.4. The highest BCUT2D eigenvalue weighted by Gasteiger charge is 2.24. The Morgan fingerprint density at radius 1 is 1.17 bits per heavy atom. The minimum absolute atomic E-state index is 0.219. The topological polar surface area (TPSA) is 67.5 Å². The number of carbonyl (C=O) groups is 2. The van der Waals surface area contributed by atoms with E-state index < -0.39 is 11.9 Å². The molecule has 122 valence electrons. The lowest BCUT2D eigenvalue weighted by molar-refractivity contribution is -0.138. The maximum absolute atomic E-state index is 13.0. The molecule has 0 aliphatic carbocycles. The molecule has 0 radical (unpaired) electrons.